The molecule has 5 rings (SSSR count). The van der Waals surface area contributed by atoms with Gasteiger partial charge in [-0.3, -0.25) is 4.79 Å². The van der Waals surface area contributed by atoms with Crippen LogP contribution >= 0.6 is 23.2 Å². The van der Waals surface area contributed by atoms with Crippen molar-refractivity contribution in [2.24, 2.45) is 0 Å². The fraction of sp³-hybridized carbons (Fsp3) is 0.182. The van der Waals surface area contributed by atoms with Crippen molar-refractivity contribution in [3.63, 3.8) is 0 Å². The fourth-order valence-corrected chi connectivity index (χ4v) is 4.29. The molecule has 1 aromatic carbocycles. The van der Waals surface area contributed by atoms with Gasteiger partial charge >= 0.3 is 0 Å². The SMILES string of the molecule is O=C(c1cc(-c2ccc(Cl)cc2Cl)c2cccn2n1)N1CCN(c2ncccn2)CC1. The minimum absolute atomic E-state index is 0.115. The average Bonchev–Trinajstić information content (AvgIpc) is 3.28. The second-order valence-electron chi connectivity index (χ2n) is 7.23. The maximum atomic E-state index is 13.3. The van der Waals surface area contributed by atoms with Gasteiger partial charge in [-0.05, 0) is 36.4 Å². The number of fused-ring (bicyclic) bond motifs is 1. The molecule has 0 N–H and O–H groups in total. The quantitative estimate of drug-likeness (QED) is 0.468. The Hall–Kier alpha value is -3.16. The topological polar surface area (TPSA) is 66.6 Å². The first-order valence-electron chi connectivity index (χ1n) is 9.85. The van der Waals surface area contributed by atoms with Crippen LogP contribution in [0.1, 0.15) is 10.5 Å². The molecule has 7 nitrogen and oxygen atoms in total. The van der Waals surface area contributed by atoms with Gasteiger partial charge in [-0.1, -0.05) is 29.3 Å². The first-order valence-corrected chi connectivity index (χ1v) is 10.6. The van der Waals surface area contributed by atoms with E-state index in [4.69, 9.17) is 23.2 Å². The van der Waals surface area contributed by atoms with Crippen LogP contribution in [0.5, 0.6) is 0 Å². The first kappa shape index (κ1) is 19.8. The lowest BCUT2D eigenvalue weighted by Gasteiger charge is -2.34. The van der Waals surface area contributed by atoms with Crippen LogP contribution in [0.15, 0.2) is 61.1 Å². The Morgan fingerprint density at radius 1 is 0.903 bits per heavy atom. The summed E-state index contributed by atoms with van der Waals surface area (Å²) in [5.41, 5.74) is 2.87. The van der Waals surface area contributed by atoms with Crippen LogP contribution in [0.3, 0.4) is 0 Å². The number of aromatic nitrogens is 4. The summed E-state index contributed by atoms with van der Waals surface area (Å²) in [7, 11) is 0. The Labute approximate surface area is 188 Å². The van der Waals surface area contributed by atoms with Crippen molar-refractivity contribution in [3.05, 3.63) is 76.8 Å². The number of anilines is 1. The van der Waals surface area contributed by atoms with Gasteiger partial charge in [0.15, 0.2) is 0 Å². The zero-order chi connectivity index (χ0) is 21.4. The second kappa shape index (κ2) is 8.17. The highest BCUT2D eigenvalue weighted by Crippen LogP contribution is 2.33. The minimum atomic E-state index is -0.115. The molecule has 0 unspecified atom stereocenters. The standard InChI is InChI=1S/C22H18Cl2N6O/c23-15-4-5-16(18(24)13-15)17-14-19(27-30-8-1-3-20(17)30)21(31)28-9-11-29(12-10-28)22-25-6-2-7-26-22/h1-8,13-14H,9-12H2. The molecule has 0 spiro atoms. The number of carbonyl (C=O) groups is 1. The van der Waals surface area contributed by atoms with Crippen LogP contribution in [-0.2, 0) is 0 Å². The van der Waals surface area contributed by atoms with Crippen LogP contribution in [-0.4, -0.2) is 56.6 Å². The van der Waals surface area contributed by atoms with Crippen LogP contribution in [0.25, 0.3) is 16.6 Å². The lowest BCUT2D eigenvalue weighted by Crippen LogP contribution is -2.49. The van der Waals surface area contributed by atoms with Crippen LogP contribution in [0.4, 0.5) is 5.95 Å². The lowest BCUT2D eigenvalue weighted by atomic mass is 10.0. The predicted molar refractivity (Wildman–Crippen MR) is 121 cm³/mol. The molecule has 9 heteroatoms. The maximum Gasteiger partial charge on any atom is 0.274 e. The molecule has 1 aliphatic rings. The number of carbonyl (C=O) groups excluding carboxylic acids is 1. The number of piperazine rings is 1. The van der Waals surface area contributed by atoms with Crippen LogP contribution in [0, 0.1) is 0 Å². The Kier molecular flexibility index (Phi) is 5.21. The van der Waals surface area contributed by atoms with Gasteiger partial charge in [-0.2, -0.15) is 5.10 Å². The summed E-state index contributed by atoms with van der Waals surface area (Å²) in [5.74, 6) is 0.566. The molecule has 31 heavy (non-hydrogen) atoms. The smallest absolute Gasteiger partial charge is 0.274 e. The van der Waals surface area contributed by atoms with Crippen molar-refractivity contribution >= 4 is 40.6 Å². The van der Waals surface area contributed by atoms with E-state index in [0.717, 1.165) is 16.6 Å². The highest BCUT2D eigenvalue weighted by atomic mass is 35.5. The van der Waals surface area contributed by atoms with E-state index >= 15 is 0 Å². The summed E-state index contributed by atoms with van der Waals surface area (Å²) in [6, 6.07) is 12.8. The van der Waals surface area contributed by atoms with Gasteiger partial charge in [0.05, 0.1) is 5.52 Å². The van der Waals surface area contributed by atoms with Crippen LogP contribution < -0.4 is 4.90 Å². The van der Waals surface area contributed by atoms with Crippen molar-refractivity contribution in [1.82, 2.24) is 24.5 Å². The number of rotatable bonds is 3. The summed E-state index contributed by atoms with van der Waals surface area (Å²) < 4.78 is 1.71. The van der Waals surface area contributed by atoms with Gasteiger partial charge in [-0.15, -0.1) is 0 Å². The lowest BCUT2D eigenvalue weighted by molar-refractivity contribution is 0.0739. The molecule has 0 aliphatic carbocycles. The summed E-state index contributed by atoms with van der Waals surface area (Å²) in [6.45, 7) is 2.47. The number of nitrogens with zero attached hydrogens (tertiary/aromatic N) is 6. The monoisotopic (exact) mass is 452 g/mol. The maximum absolute atomic E-state index is 13.3. The normalized spacial score (nSPS) is 14.3. The molecule has 4 aromatic rings. The summed E-state index contributed by atoms with van der Waals surface area (Å²) in [4.78, 5) is 25.7. The number of amides is 1. The Balaban J connectivity index is 1.43. The third-order valence-corrected chi connectivity index (χ3v) is 5.89. The zero-order valence-corrected chi connectivity index (χ0v) is 18.0. The number of hydrogen-bond acceptors (Lipinski definition) is 5. The molecule has 0 saturated carbocycles. The van der Waals surface area contributed by atoms with E-state index in [0.29, 0.717) is 47.9 Å². The van der Waals surface area contributed by atoms with Gasteiger partial charge in [0, 0.05) is 65.9 Å². The minimum Gasteiger partial charge on any atom is -0.337 e. The second-order valence-corrected chi connectivity index (χ2v) is 8.08. The zero-order valence-electron chi connectivity index (χ0n) is 16.4. The van der Waals surface area contributed by atoms with E-state index in [1.807, 2.05) is 29.3 Å². The van der Waals surface area contributed by atoms with Crippen molar-refractivity contribution in [2.45, 2.75) is 0 Å². The molecule has 1 amide bonds. The van der Waals surface area contributed by atoms with E-state index in [9.17, 15) is 4.79 Å². The van der Waals surface area contributed by atoms with E-state index in [1.54, 1.807) is 41.2 Å². The fourth-order valence-electron chi connectivity index (χ4n) is 3.78. The van der Waals surface area contributed by atoms with E-state index in [1.165, 1.54) is 0 Å². The van der Waals surface area contributed by atoms with E-state index in [2.05, 4.69) is 20.0 Å². The molecule has 156 valence electrons. The van der Waals surface area contributed by atoms with E-state index in [-0.39, 0.29) is 5.91 Å². The van der Waals surface area contributed by atoms with Crippen molar-refractivity contribution in [3.8, 4) is 11.1 Å². The highest BCUT2D eigenvalue weighted by Gasteiger charge is 2.25. The molecule has 3 aromatic heterocycles. The Bertz CT molecular complexity index is 1250. The van der Waals surface area contributed by atoms with E-state index < -0.39 is 0 Å². The molecular weight excluding hydrogens is 435 g/mol. The summed E-state index contributed by atoms with van der Waals surface area (Å²) in [6.07, 6.45) is 5.27. The molecule has 4 heterocycles. The van der Waals surface area contributed by atoms with Gasteiger partial charge in [0.2, 0.25) is 5.95 Å². The molecule has 1 aliphatic heterocycles. The summed E-state index contributed by atoms with van der Waals surface area (Å²) >= 11 is 12.5. The molecule has 0 bridgehead atoms. The number of benzene rings is 1. The predicted octanol–water partition coefficient (Wildman–Crippen LogP) is 4.06. The molecular formula is C22H18Cl2N6O. The van der Waals surface area contributed by atoms with Gasteiger partial charge < -0.3 is 9.80 Å². The molecule has 1 fully saturated rings. The van der Waals surface area contributed by atoms with Crippen molar-refractivity contribution in [1.29, 1.82) is 0 Å². The number of halogens is 2. The Morgan fingerprint density at radius 2 is 1.68 bits per heavy atom. The third-order valence-electron chi connectivity index (χ3n) is 5.34. The van der Waals surface area contributed by atoms with Gasteiger partial charge in [0.1, 0.15) is 5.69 Å². The molecule has 0 radical (unpaired) electrons. The molecule has 0 atom stereocenters. The third kappa shape index (κ3) is 3.82. The average molecular weight is 453 g/mol. The highest BCUT2D eigenvalue weighted by molar-refractivity contribution is 6.36. The Morgan fingerprint density at radius 3 is 2.42 bits per heavy atom. The van der Waals surface area contributed by atoms with Gasteiger partial charge in [-0.25, -0.2) is 14.5 Å². The summed E-state index contributed by atoms with van der Waals surface area (Å²) in [5, 5.41) is 5.62. The first-order chi connectivity index (χ1) is 15.1. The van der Waals surface area contributed by atoms with Crippen molar-refractivity contribution < 1.29 is 4.79 Å². The largest absolute Gasteiger partial charge is 0.337 e. The number of hydrogen-bond donors (Lipinski definition) is 0. The van der Waals surface area contributed by atoms with Crippen molar-refractivity contribution in [2.75, 3.05) is 31.1 Å². The van der Waals surface area contributed by atoms with Gasteiger partial charge in [0.25, 0.3) is 5.91 Å². The van der Waals surface area contributed by atoms with Crippen LogP contribution in [0.2, 0.25) is 10.0 Å². The molecule has 1 saturated heterocycles.